The number of nitrogens with zero attached hydrogens (tertiary/aromatic N) is 2. The molecule has 1 aliphatic heterocycles. The van der Waals surface area contributed by atoms with Crippen LogP contribution in [0.5, 0.6) is 5.75 Å². The zero-order chi connectivity index (χ0) is 19.7. The molecular formula is C20H20FN3O3S. The van der Waals surface area contributed by atoms with E-state index in [1.54, 1.807) is 24.5 Å². The maximum absolute atomic E-state index is 14.7. The van der Waals surface area contributed by atoms with Crippen molar-refractivity contribution in [3.8, 4) is 17.0 Å². The molecule has 4 rings (SSSR count). The monoisotopic (exact) mass is 401 g/mol. The van der Waals surface area contributed by atoms with Crippen molar-refractivity contribution < 1.29 is 17.5 Å². The van der Waals surface area contributed by atoms with Crippen LogP contribution in [0.3, 0.4) is 0 Å². The van der Waals surface area contributed by atoms with Crippen LogP contribution in [0.4, 0.5) is 4.39 Å². The fourth-order valence-corrected chi connectivity index (χ4v) is 4.00. The predicted octanol–water partition coefficient (Wildman–Crippen LogP) is 2.97. The predicted molar refractivity (Wildman–Crippen MR) is 105 cm³/mol. The number of hydrogen-bond acceptors (Lipinski definition) is 6. The van der Waals surface area contributed by atoms with E-state index >= 15 is 0 Å². The van der Waals surface area contributed by atoms with Crippen molar-refractivity contribution in [3.05, 3.63) is 48.5 Å². The summed E-state index contributed by atoms with van der Waals surface area (Å²) in [4.78, 5) is 8.61. The molecule has 3 aromatic rings. The molecule has 0 saturated carbocycles. The number of fused-ring (bicyclic) bond motifs is 1. The Kier molecular flexibility index (Phi) is 4.99. The van der Waals surface area contributed by atoms with Crippen molar-refractivity contribution in [3.63, 3.8) is 0 Å². The second-order valence-electron chi connectivity index (χ2n) is 6.85. The molecule has 1 saturated heterocycles. The fraction of sp³-hybridized carbons (Fsp3) is 0.300. The summed E-state index contributed by atoms with van der Waals surface area (Å²) >= 11 is 0. The Morgan fingerprint density at radius 2 is 1.86 bits per heavy atom. The van der Waals surface area contributed by atoms with Crippen LogP contribution in [0.15, 0.2) is 47.6 Å². The van der Waals surface area contributed by atoms with Crippen LogP contribution in [-0.2, 0) is 9.84 Å². The maximum Gasteiger partial charge on any atom is 0.175 e. The van der Waals surface area contributed by atoms with Gasteiger partial charge in [0, 0.05) is 29.6 Å². The SMILES string of the molecule is CS(=O)(=O)c1ccc(-c2nccc3c(OC4CCNCC4)ccnc23)c(F)c1. The molecule has 0 spiro atoms. The van der Waals surface area contributed by atoms with Crippen LogP contribution >= 0.6 is 0 Å². The Morgan fingerprint density at radius 1 is 1.11 bits per heavy atom. The number of hydrogen-bond donors (Lipinski definition) is 1. The number of benzene rings is 1. The molecule has 0 radical (unpaired) electrons. The van der Waals surface area contributed by atoms with Gasteiger partial charge < -0.3 is 10.1 Å². The topological polar surface area (TPSA) is 81.2 Å². The summed E-state index contributed by atoms with van der Waals surface area (Å²) in [5.41, 5.74) is 1.07. The van der Waals surface area contributed by atoms with E-state index in [4.69, 9.17) is 4.74 Å². The van der Waals surface area contributed by atoms with Crippen LogP contribution in [-0.4, -0.2) is 43.8 Å². The van der Waals surface area contributed by atoms with Gasteiger partial charge in [-0.3, -0.25) is 9.97 Å². The van der Waals surface area contributed by atoms with Crippen molar-refractivity contribution in [1.29, 1.82) is 0 Å². The molecular weight excluding hydrogens is 381 g/mol. The summed E-state index contributed by atoms with van der Waals surface area (Å²) in [6.07, 6.45) is 6.20. The first kappa shape index (κ1) is 18.8. The third kappa shape index (κ3) is 3.70. The lowest BCUT2D eigenvalue weighted by Gasteiger charge is -2.24. The summed E-state index contributed by atoms with van der Waals surface area (Å²) in [7, 11) is -3.49. The maximum atomic E-state index is 14.7. The number of aromatic nitrogens is 2. The average molecular weight is 401 g/mol. The van der Waals surface area contributed by atoms with Crippen molar-refractivity contribution in [1.82, 2.24) is 15.3 Å². The number of halogens is 1. The van der Waals surface area contributed by atoms with E-state index in [-0.39, 0.29) is 16.6 Å². The van der Waals surface area contributed by atoms with E-state index in [0.29, 0.717) is 17.0 Å². The summed E-state index contributed by atoms with van der Waals surface area (Å²) in [6.45, 7) is 1.83. The minimum atomic E-state index is -3.49. The Hall–Kier alpha value is -2.58. The van der Waals surface area contributed by atoms with Crippen LogP contribution in [0, 0.1) is 5.82 Å². The van der Waals surface area contributed by atoms with Crippen LogP contribution in [0.2, 0.25) is 0 Å². The number of nitrogens with one attached hydrogen (secondary N) is 1. The molecule has 28 heavy (non-hydrogen) atoms. The van der Waals surface area contributed by atoms with Crippen LogP contribution < -0.4 is 10.1 Å². The first-order valence-corrected chi connectivity index (χ1v) is 10.9. The van der Waals surface area contributed by atoms with Crippen LogP contribution in [0.25, 0.3) is 22.2 Å². The molecule has 1 fully saturated rings. The van der Waals surface area contributed by atoms with E-state index in [1.807, 2.05) is 0 Å². The summed E-state index contributed by atoms with van der Waals surface area (Å²) < 4.78 is 44.2. The fourth-order valence-electron chi connectivity index (χ4n) is 3.36. The van der Waals surface area contributed by atoms with Gasteiger partial charge in [0.05, 0.1) is 10.6 Å². The number of sulfone groups is 1. The van der Waals surface area contributed by atoms with Gasteiger partial charge in [0.2, 0.25) is 0 Å². The second kappa shape index (κ2) is 7.44. The van der Waals surface area contributed by atoms with Crippen molar-refractivity contribution in [2.24, 2.45) is 0 Å². The Morgan fingerprint density at radius 3 is 2.57 bits per heavy atom. The molecule has 1 N–H and O–H groups in total. The normalized spacial score (nSPS) is 15.6. The van der Waals surface area contributed by atoms with E-state index in [1.165, 1.54) is 12.1 Å². The molecule has 2 aromatic heterocycles. The molecule has 0 amide bonds. The van der Waals surface area contributed by atoms with Gasteiger partial charge in [0.25, 0.3) is 0 Å². The number of rotatable bonds is 4. The van der Waals surface area contributed by atoms with Gasteiger partial charge in [-0.15, -0.1) is 0 Å². The van der Waals surface area contributed by atoms with Crippen molar-refractivity contribution >= 4 is 20.7 Å². The van der Waals surface area contributed by atoms with Gasteiger partial charge >= 0.3 is 0 Å². The largest absolute Gasteiger partial charge is 0.490 e. The standard InChI is InChI=1S/C20H20FN3O3S/c1-28(25,26)14-2-3-15(17(21)12-14)19-20-16(6-10-23-19)18(7-11-24-20)27-13-4-8-22-9-5-13/h2-3,6-7,10-13,22H,4-5,8-9H2,1H3. The molecule has 0 aliphatic carbocycles. The van der Waals surface area contributed by atoms with Crippen molar-refractivity contribution in [2.45, 2.75) is 23.8 Å². The molecule has 0 atom stereocenters. The summed E-state index contributed by atoms with van der Waals surface area (Å²) in [6, 6.07) is 7.42. The lowest BCUT2D eigenvalue weighted by atomic mass is 10.1. The minimum Gasteiger partial charge on any atom is -0.490 e. The van der Waals surface area contributed by atoms with E-state index in [2.05, 4.69) is 15.3 Å². The highest BCUT2D eigenvalue weighted by atomic mass is 32.2. The van der Waals surface area contributed by atoms with Gasteiger partial charge in [0.15, 0.2) is 9.84 Å². The molecule has 6 nitrogen and oxygen atoms in total. The Bertz CT molecular complexity index is 1130. The molecule has 8 heteroatoms. The zero-order valence-corrected chi connectivity index (χ0v) is 16.2. The molecule has 0 bridgehead atoms. The lowest BCUT2D eigenvalue weighted by Crippen LogP contribution is -2.34. The second-order valence-corrected chi connectivity index (χ2v) is 8.86. The van der Waals surface area contributed by atoms with E-state index in [0.717, 1.165) is 43.6 Å². The van der Waals surface area contributed by atoms with Gasteiger partial charge in [-0.05, 0) is 56.3 Å². The van der Waals surface area contributed by atoms with Crippen LogP contribution in [0.1, 0.15) is 12.8 Å². The molecule has 0 unspecified atom stereocenters. The first-order valence-electron chi connectivity index (χ1n) is 9.04. The van der Waals surface area contributed by atoms with Gasteiger partial charge in [-0.2, -0.15) is 0 Å². The van der Waals surface area contributed by atoms with Gasteiger partial charge in [-0.25, -0.2) is 12.8 Å². The zero-order valence-electron chi connectivity index (χ0n) is 15.4. The van der Waals surface area contributed by atoms with E-state index < -0.39 is 15.7 Å². The number of pyridine rings is 2. The first-order chi connectivity index (χ1) is 13.4. The highest BCUT2D eigenvalue weighted by Crippen LogP contribution is 2.33. The Balaban J connectivity index is 1.77. The van der Waals surface area contributed by atoms with E-state index in [9.17, 15) is 12.8 Å². The third-order valence-electron chi connectivity index (χ3n) is 4.82. The van der Waals surface area contributed by atoms with Gasteiger partial charge in [0.1, 0.15) is 23.2 Å². The average Bonchev–Trinajstić information content (AvgIpc) is 2.68. The third-order valence-corrected chi connectivity index (χ3v) is 5.93. The smallest absolute Gasteiger partial charge is 0.175 e. The molecule has 3 heterocycles. The highest BCUT2D eigenvalue weighted by molar-refractivity contribution is 7.90. The number of piperidine rings is 1. The molecule has 146 valence electrons. The lowest BCUT2D eigenvalue weighted by molar-refractivity contribution is 0.164. The molecule has 1 aliphatic rings. The highest BCUT2D eigenvalue weighted by Gasteiger charge is 2.19. The summed E-state index contributed by atoms with van der Waals surface area (Å²) in [5, 5.41) is 4.05. The number of ether oxygens (including phenoxy) is 1. The molecule has 1 aromatic carbocycles. The van der Waals surface area contributed by atoms with Gasteiger partial charge in [-0.1, -0.05) is 0 Å². The quantitative estimate of drug-likeness (QED) is 0.724. The Labute approximate surface area is 162 Å². The van der Waals surface area contributed by atoms with Crippen molar-refractivity contribution in [2.75, 3.05) is 19.3 Å². The summed E-state index contributed by atoms with van der Waals surface area (Å²) in [5.74, 6) is 0.0307. The minimum absolute atomic E-state index is 0.0723.